The van der Waals surface area contributed by atoms with Crippen molar-refractivity contribution in [2.75, 3.05) is 0 Å². The first-order valence-corrected chi connectivity index (χ1v) is 10.0. The molecule has 31 heavy (non-hydrogen) atoms. The first-order valence-electron chi connectivity index (χ1n) is 10.0. The van der Waals surface area contributed by atoms with Crippen molar-refractivity contribution in [3.63, 3.8) is 0 Å². The maximum atomic E-state index is 13.3. The smallest absolute Gasteiger partial charge is 0.355 e. The topological polar surface area (TPSA) is 119 Å². The standard InChI is InChI=1S/C23H20N2O5.H2O/c1-3-19(26)30-23(4-2)16-10-18-20-14(9-13-7-5-6-8-17(13)24-20)11-25(18)21(27)15(16)12-29-22(23)28;/h5-10H,3-4,11-12H2,1-2H3;1H2/t23-;/m0./s1. The van der Waals surface area contributed by atoms with Crippen LogP contribution in [0.4, 0.5) is 0 Å². The molecular formula is C23H22N2O6. The zero-order chi connectivity index (χ0) is 21.0. The summed E-state index contributed by atoms with van der Waals surface area (Å²) in [5.41, 5.74) is 1.99. The molecule has 4 heterocycles. The van der Waals surface area contributed by atoms with E-state index in [-0.39, 0.29) is 30.5 Å². The summed E-state index contributed by atoms with van der Waals surface area (Å²) in [6.45, 7) is 3.66. The van der Waals surface area contributed by atoms with Gasteiger partial charge in [0.05, 0.1) is 29.0 Å². The van der Waals surface area contributed by atoms with Gasteiger partial charge in [-0.25, -0.2) is 9.78 Å². The Morgan fingerprint density at radius 1 is 1.23 bits per heavy atom. The van der Waals surface area contributed by atoms with E-state index in [1.54, 1.807) is 24.5 Å². The highest BCUT2D eigenvalue weighted by Gasteiger charge is 2.50. The Labute approximate surface area is 177 Å². The van der Waals surface area contributed by atoms with E-state index in [0.717, 1.165) is 16.5 Å². The number of carbonyl (C=O) groups excluding carboxylic acids is 2. The van der Waals surface area contributed by atoms with Crippen LogP contribution in [0.15, 0.2) is 41.2 Å². The second-order valence-electron chi connectivity index (χ2n) is 7.59. The lowest BCUT2D eigenvalue weighted by atomic mass is 9.85. The number of nitrogens with zero attached hydrogens (tertiary/aromatic N) is 2. The van der Waals surface area contributed by atoms with Gasteiger partial charge in [0, 0.05) is 22.9 Å². The van der Waals surface area contributed by atoms with Gasteiger partial charge in [-0.3, -0.25) is 9.59 Å². The molecule has 2 aliphatic heterocycles. The molecule has 8 nitrogen and oxygen atoms in total. The summed E-state index contributed by atoms with van der Waals surface area (Å²) in [5, 5.41) is 1.00. The normalized spacial score (nSPS) is 18.5. The van der Waals surface area contributed by atoms with Crippen LogP contribution in [0.3, 0.4) is 0 Å². The summed E-state index contributed by atoms with van der Waals surface area (Å²) in [5.74, 6) is -1.17. The first kappa shape index (κ1) is 20.7. The molecule has 0 bridgehead atoms. The molecule has 160 valence electrons. The number of ether oxygens (including phenoxy) is 2. The van der Waals surface area contributed by atoms with Crippen molar-refractivity contribution in [2.45, 2.75) is 45.4 Å². The van der Waals surface area contributed by atoms with Gasteiger partial charge in [0.15, 0.2) is 0 Å². The van der Waals surface area contributed by atoms with Crippen molar-refractivity contribution < 1.29 is 24.5 Å². The largest absolute Gasteiger partial charge is 0.457 e. The Balaban J connectivity index is 0.00000231. The highest BCUT2D eigenvalue weighted by Crippen LogP contribution is 2.41. The number of hydrogen-bond acceptors (Lipinski definition) is 6. The molecule has 0 amide bonds. The number of cyclic esters (lactones) is 1. The van der Waals surface area contributed by atoms with E-state index in [0.29, 0.717) is 29.1 Å². The van der Waals surface area contributed by atoms with Crippen molar-refractivity contribution in [1.29, 1.82) is 0 Å². The SMILES string of the molecule is CCC(=O)O[C@]1(CC)C(=O)OCc2c1cc1n(c2=O)Cc2cc3ccccc3nc2-1.O. The minimum atomic E-state index is -1.62. The number of fused-ring (bicyclic) bond motifs is 5. The monoisotopic (exact) mass is 422 g/mol. The zero-order valence-corrected chi connectivity index (χ0v) is 17.2. The highest BCUT2D eigenvalue weighted by atomic mass is 16.6. The predicted molar refractivity (Wildman–Crippen MR) is 112 cm³/mol. The van der Waals surface area contributed by atoms with Gasteiger partial charge in [0.25, 0.3) is 5.56 Å². The van der Waals surface area contributed by atoms with Crippen LogP contribution in [0.1, 0.15) is 43.4 Å². The number of para-hydroxylation sites is 1. The van der Waals surface area contributed by atoms with Crippen LogP contribution in [0.25, 0.3) is 22.3 Å². The van der Waals surface area contributed by atoms with E-state index >= 15 is 0 Å². The fourth-order valence-electron chi connectivity index (χ4n) is 4.35. The van der Waals surface area contributed by atoms with Gasteiger partial charge < -0.3 is 19.5 Å². The molecular weight excluding hydrogens is 400 g/mol. The number of pyridine rings is 2. The van der Waals surface area contributed by atoms with E-state index in [9.17, 15) is 14.4 Å². The molecule has 2 aliphatic rings. The quantitative estimate of drug-likeness (QED) is 0.467. The van der Waals surface area contributed by atoms with Gasteiger partial charge >= 0.3 is 11.9 Å². The average molecular weight is 422 g/mol. The molecule has 0 saturated carbocycles. The Kier molecular flexibility index (Phi) is 4.89. The van der Waals surface area contributed by atoms with Crippen molar-refractivity contribution in [1.82, 2.24) is 9.55 Å². The van der Waals surface area contributed by atoms with Crippen LogP contribution in [0.5, 0.6) is 0 Å². The number of carbonyl (C=O) groups is 2. The van der Waals surface area contributed by atoms with Crippen LogP contribution in [0.2, 0.25) is 0 Å². The summed E-state index contributed by atoms with van der Waals surface area (Å²) in [4.78, 5) is 43.0. The second kappa shape index (κ2) is 7.31. The fourth-order valence-corrected chi connectivity index (χ4v) is 4.35. The lowest BCUT2D eigenvalue weighted by Gasteiger charge is -2.35. The molecule has 8 heteroatoms. The average Bonchev–Trinajstić information content (AvgIpc) is 3.12. The van der Waals surface area contributed by atoms with Crippen LogP contribution in [-0.4, -0.2) is 27.0 Å². The van der Waals surface area contributed by atoms with E-state index in [2.05, 4.69) is 0 Å². The number of benzene rings is 1. The molecule has 1 atom stereocenters. The van der Waals surface area contributed by atoms with Crippen molar-refractivity contribution >= 4 is 22.8 Å². The minimum absolute atomic E-state index is 0. The van der Waals surface area contributed by atoms with Crippen LogP contribution < -0.4 is 5.56 Å². The summed E-state index contributed by atoms with van der Waals surface area (Å²) >= 11 is 0. The molecule has 0 aliphatic carbocycles. The molecule has 0 spiro atoms. The third-order valence-corrected chi connectivity index (χ3v) is 5.96. The molecule has 0 fully saturated rings. The van der Waals surface area contributed by atoms with Gasteiger partial charge in [0.1, 0.15) is 6.61 Å². The van der Waals surface area contributed by atoms with Gasteiger partial charge in [-0.05, 0) is 24.6 Å². The van der Waals surface area contributed by atoms with Crippen molar-refractivity contribution in [3.8, 4) is 11.4 Å². The molecule has 3 aromatic rings. The first-order chi connectivity index (χ1) is 14.5. The molecule has 2 N–H and O–H groups in total. The van der Waals surface area contributed by atoms with Crippen molar-refractivity contribution in [2.24, 2.45) is 0 Å². The molecule has 1 aromatic carbocycles. The number of hydrogen-bond donors (Lipinski definition) is 0. The van der Waals surface area contributed by atoms with Gasteiger partial charge in [-0.2, -0.15) is 0 Å². The maximum absolute atomic E-state index is 13.3. The van der Waals surface area contributed by atoms with E-state index in [1.807, 2.05) is 30.3 Å². The summed E-state index contributed by atoms with van der Waals surface area (Å²) in [6, 6.07) is 11.6. The van der Waals surface area contributed by atoms with Crippen LogP contribution >= 0.6 is 0 Å². The number of esters is 2. The van der Waals surface area contributed by atoms with Gasteiger partial charge in [-0.1, -0.05) is 32.0 Å². The number of rotatable bonds is 3. The fraction of sp³-hybridized carbons (Fsp3) is 0.304. The lowest BCUT2D eigenvalue weighted by Crippen LogP contribution is -2.47. The van der Waals surface area contributed by atoms with E-state index in [4.69, 9.17) is 14.5 Å². The minimum Gasteiger partial charge on any atom is -0.457 e. The highest BCUT2D eigenvalue weighted by molar-refractivity contribution is 5.88. The van der Waals surface area contributed by atoms with Crippen LogP contribution in [0, 0.1) is 0 Å². The summed E-state index contributed by atoms with van der Waals surface area (Å²) in [7, 11) is 0. The Bertz CT molecular complexity index is 1300. The number of aromatic nitrogens is 2. The second-order valence-corrected chi connectivity index (χ2v) is 7.59. The maximum Gasteiger partial charge on any atom is 0.355 e. The summed E-state index contributed by atoms with van der Waals surface area (Å²) in [6.07, 6.45) is 0.288. The molecule has 0 saturated heterocycles. The third kappa shape index (κ3) is 2.86. The Hall–Kier alpha value is -3.52. The molecule has 0 radical (unpaired) electrons. The third-order valence-electron chi connectivity index (χ3n) is 5.96. The molecule has 5 rings (SSSR count). The van der Waals surface area contributed by atoms with Crippen LogP contribution in [-0.2, 0) is 37.8 Å². The summed E-state index contributed by atoms with van der Waals surface area (Å²) < 4.78 is 12.5. The van der Waals surface area contributed by atoms with E-state index in [1.165, 1.54) is 0 Å². The Morgan fingerprint density at radius 3 is 2.74 bits per heavy atom. The zero-order valence-electron chi connectivity index (χ0n) is 17.2. The van der Waals surface area contributed by atoms with E-state index < -0.39 is 17.5 Å². The Morgan fingerprint density at radius 2 is 2.00 bits per heavy atom. The van der Waals surface area contributed by atoms with Crippen molar-refractivity contribution in [3.05, 3.63) is 63.4 Å². The lowest BCUT2D eigenvalue weighted by molar-refractivity contribution is -0.189. The van der Waals surface area contributed by atoms with Gasteiger partial charge in [0.2, 0.25) is 5.60 Å². The molecule has 0 unspecified atom stereocenters. The molecule has 2 aromatic heterocycles. The van der Waals surface area contributed by atoms with Gasteiger partial charge in [-0.15, -0.1) is 0 Å². The predicted octanol–water partition coefficient (Wildman–Crippen LogP) is 2.22.